The van der Waals surface area contributed by atoms with E-state index in [4.69, 9.17) is 4.98 Å². The first-order chi connectivity index (χ1) is 8.79. The van der Waals surface area contributed by atoms with E-state index in [2.05, 4.69) is 24.1 Å². The monoisotopic (exact) mass is 265 g/mol. The van der Waals surface area contributed by atoms with Gasteiger partial charge in [0, 0.05) is 37.0 Å². The van der Waals surface area contributed by atoms with Crippen LogP contribution in [-0.4, -0.2) is 36.1 Å². The lowest BCUT2D eigenvalue weighted by Crippen LogP contribution is -2.45. The van der Waals surface area contributed by atoms with Crippen molar-refractivity contribution in [3.63, 3.8) is 0 Å². The van der Waals surface area contributed by atoms with Crippen LogP contribution in [0.15, 0.2) is 0 Å². The fourth-order valence-corrected chi connectivity index (χ4v) is 4.12. The summed E-state index contributed by atoms with van der Waals surface area (Å²) < 4.78 is 0. The molecule has 100 valence electrons. The van der Waals surface area contributed by atoms with E-state index in [0.29, 0.717) is 6.04 Å². The van der Waals surface area contributed by atoms with E-state index in [9.17, 15) is 0 Å². The largest absolute Gasteiger partial charge is 0.314 e. The summed E-state index contributed by atoms with van der Waals surface area (Å²) >= 11 is 1.94. The van der Waals surface area contributed by atoms with E-state index >= 15 is 0 Å². The second-order valence-electron chi connectivity index (χ2n) is 5.48. The second kappa shape index (κ2) is 5.27. The maximum atomic E-state index is 4.97. The van der Waals surface area contributed by atoms with Gasteiger partial charge in [-0.15, -0.1) is 11.3 Å². The third-order valence-corrected chi connectivity index (χ3v) is 5.17. The highest BCUT2D eigenvalue weighted by Gasteiger charge is 2.30. The molecule has 1 N–H and O–H groups in total. The molecule has 1 saturated heterocycles. The summed E-state index contributed by atoms with van der Waals surface area (Å²) in [6.07, 6.45) is 3.89. The lowest BCUT2D eigenvalue weighted by atomic mass is 10.1. The Kier molecular flexibility index (Phi) is 3.68. The van der Waals surface area contributed by atoms with E-state index < -0.39 is 0 Å². The van der Waals surface area contributed by atoms with Gasteiger partial charge in [0.25, 0.3) is 0 Å². The Bertz CT molecular complexity index is 405. The lowest BCUT2D eigenvalue weighted by molar-refractivity contribution is 0.169. The van der Waals surface area contributed by atoms with Crippen molar-refractivity contribution in [1.29, 1.82) is 0 Å². The summed E-state index contributed by atoms with van der Waals surface area (Å²) in [5.41, 5.74) is 1.41. The molecule has 1 aromatic heterocycles. The van der Waals surface area contributed by atoms with Gasteiger partial charge in [-0.1, -0.05) is 6.92 Å². The van der Waals surface area contributed by atoms with E-state index in [1.54, 1.807) is 0 Å². The standard InChI is InChI=1S/C14H23N3S/c1-3-12(17-8-6-15-7-9-17)14-16-13(10(2)18-14)11-4-5-11/h11-12,15H,3-9H2,1-2H3. The Morgan fingerprint density at radius 1 is 1.39 bits per heavy atom. The number of piperazine rings is 1. The van der Waals surface area contributed by atoms with Gasteiger partial charge in [0.05, 0.1) is 11.7 Å². The van der Waals surface area contributed by atoms with Crippen LogP contribution in [0.1, 0.15) is 53.7 Å². The number of thiazole rings is 1. The van der Waals surface area contributed by atoms with Crippen molar-refractivity contribution in [2.45, 2.75) is 45.1 Å². The van der Waals surface area contributed by atoms with Gasteiger partial charge in [-0.05, 0) is 26.2 Å². The molecule has 1 aromatic rings. The summed E-state index contributed by atoms with van der Waals surface area (Å²) in [5.74, 6) is 0.788. The van der Waals surface area contributed by atoms with Crippen LogP contribution in [0, 0.1) is 6.92 Å². The van der Waals surface area contributed by atoms with Crippen LogP contribution in [0.25, 0.3) is 0 Å². The number of hydrogen-bond acceptors (Lipinski definition) is 4. The van der Waals surface area contributed by atoms with Crippen LogP contribution in [-0.2, 0) is 0 Å². The molecule has 1 aliphatic heterocycles. The minimum Gasteiger partial charge on any atom is -0.314 e. The minimum atomic E-state index is 0.545. The van der Waals surface area contributed by atoms with Crippen molar-refractivity contribution in [2.75, 3.05) is 26.2 Å². The predicted octanol–water partition coefficient (Wildman–Crippen LogP) is 2.69. The van der Waals surface area contributed by atoms with Gasteiger partial charge >= 0.3 is 0 Å². The molecule has 2 fully saturated rings. The van der Waals surface area contributed by atoms with E-state index in [1.807, 2.05) is 11.3 Å². The zero-order valence-corrected chi connectivity index (χ0v) is 12.2. The predicted molar refractivity (Wildman–Crippen MR) is 76.3 cm³/mol. The Labute approximate surface area is 114 Å². The fourth-order valence-electron chi connectivity index (χ4n) is 2.89. The summed E-state index contributed by atoms with van der Waals surface area (Å²) in [6.45, 7) is 9.11. The van der Waals surface area contributed by atoms with E-state index in [0.717, 1.165) is 32.1 Å². The first-order valence-electron chi connectivity index (χ1n) is 7.21. The molecule has 18 heavy (non-hydrogen) atoms. The zero-order chi connectivity index (χ0) is 12.5. The van der Waals surface area contributed by atoms with Gasteiger partial charge in [0.2, 0.25) is 0 Å². The van der Waals surface area contributed by atoms with E-state index in [-0.39, 0.29) is 0 Å². The van der Waals surface area contributed by atoms with Crippen molar-refractivity contribution >= 4 is 11.3 Å². The van der Waals surface area contributed by atoms with E-state index in [1.165, 1.54) is 34.8 Å². The number of rotatable bonds is 4. The summed E-state index contributed by atoms with van der Waals surface area (Å²) in [5, 5.41) is 4.79. The zero-order valence-electron chi connectivity index (χ0n) is 11.4. The third-order valence-electron chi connectivity index (χ3n) is 4.08. The average molecular weight is 265 g/mol. The number of hydrogen-bond donors (Lipinski definition) is 1. The van der Waals surface area contributed by atoms with Gasteiger partial charge in [-0.25, -0.2) is 4.98 Å². The smallest absolute Gasteiger partial charge is 0.110 e. The number of aryl methyl sites for hydroxylation is 1. The molecule has 3 rings (SSSR count). The lowest BCUT2D eigenvalue weighted by Gasteiger charge is -2.33. The number of nitrogens with zero attached hydrogens (tertiary/aromatic N) is 2. The molecule has 3 nitrogen and oxygen atoms in total. The Morgan fingerprint density at radius 2 is 2.11 bits per heavy atom. The maximum absolute atomic E-state index is 4.97. The molecular weight excluding hydrogens is 242 g/mol. The Hall–Kier alpha value is -0.450. The van der Waals surface area contributed by atoms with Crippen molar-refractivity contribution in [3.05, 3.63) is 15.6 Å². The van der Waals surface area contributed by atoms with Crippen LogP contribution in [0.2, 0.25) is 0 Å². The number of nitrogens with one attached hydrogen (secondary N) is 1. The molecule has 1 unspecified atom stereocenters. The summed E-state index contributed by atoms with van der Waals surface area (Å²) in [4.78, 5) is 9.04. The highest BCUT2D eigenvalue weighted by Crippen LogP contribution is 2.43. The quantitative estimate of drug-likeness (QED) is 0.907. The van der Waals surface area contributed by atoms with Gasteiger partial charge in [0.1, 0.15) is 5.01 Å². The van der Waals surface area contributed by atoms with Gasteiger partial charge in [0.15, 0.2) is 0 Å². The molecule has 0 amide bonds. The van der Waals surface area contributed by atoms with Crippen LogP contribution in [0.3, 0.4) is 0 Å². The molecule has 1 saturated carbocycles. The topological polar surface area (TPSA) is 28.2 Å². The van der Waals surface area contributed by atoms with Crippen molar-refractivity contribution < 1.29 is 0 Å². The maximum Gasteiger partial charge on any atom is 0.110 e. The molecule has 0 aromatic carbocycles. The normalized spacial score (nSPS) is 23.2. The van der Waals surface area contributed by atoms with Gasteiger partial charge in [-0.3, -0.25) is 4.90 Å². The molecule has 0 spiro atoms. The summed E-state index contributed by atoms with van der Waals surface area (Å²) in [7, 11) is 0. The van der Waals surface area contributed by atoms with Crippen LogP contribution >= 0.6 is 11.3 Å². The molecule has 4 heteroatoms. The van der Waals surface area contributed by atoms with Crippen molar-refractivity contribution in [3.8, 4) is 0 Å². The molecule has 0 bridgehead atoms. The first kappa shape index (κ1) is 12.6. The molecule has 1 aliphatic carbocycles. The molecule has 2 heterocycles. The van der Waals surface area contributed by atoms with Gasteiger partial charge in [-0.2, -0.15) is 0 Å². The second-order valence-corrected chi connectivity index (χ2v) is 6.71. The van der Waals surface area contributed by atoms with Crippen molar-refractivity contribution in [1.82, 2.24) is 15.2 Å². The molecule has 1 atom stereocenters. The molecular formula is C14H23N3S. The average Bonchev–Trinajstić information content (AvgIpc) is 3.16. The van der Waals surface area contributed by atoms with Crippen molar-refractivity contribution in [2.24, 2.45) is 0 Å². The number of aromatic nitrogens is 1. The highest BCUT2D eigenvalue weighted by atomic mass is 32.1. The van der Waals surface area contributed by atoms with Gasteiger partial charge < -0.3 is 5.32 Å². The van der Waals surface area contributed by atoms with Crippen LogP contribution in [0.5, 0.6) is 0 Å². The third kappa shape index (κ3) is 2.46. The molecule has 2 aliphatic rings. The fraction of sp³-hybridized carbons (Fsp3) is 0.786. The Morgan fingerprint density at radius 3 is 2.72 bits per heavy atom. The Balaban J connectivity index is 1.79. The highest BCUT2D eigenvalue weighted by molar-refractivity contribution is 7.11. The van der Waals surface area contributed by atoms with Crippen LogP contribution in [0.4, 0.5) is 0 Å². The SMILES string of the molecule is CCC(c1nc(C2CC2)c(C)s1)N1CCNCC1. The summed E-state index contributed by atoms with van der Waals surface area (Å²) in [6, 6.07) is 0.545. The molecule has 0 radical (unpaired) electrons. The minimum absolute atomic E-state index is 0.545. The van der Waals surface area contributed by atoms with Crippen LogP contribution < -0.4 is 5.32 Å². The first-order valence-corrected chi connectivity index (χ1v) is 8.03.